The maximum Gasteiger partial charge on any atom is 0.289 e. The van der Waals surface area contributed by atoms with Crippen LogP contribution in [-0.2, 0) is 14.9 Å². The maximum absolute atomic E-state index is 9.66. The molecule has 0 amide bonds. The molecule has 3 aromatic heterocycles. The molecule has 10 rings (SSSR count). The average Bonchev–Trinajstić information content (AvgIpc) is 1.74. The van der Waals surface area contributed by atoms with Crippen LogP contribution in [0.4, 0.5) is 0 Å². The van der Waals surface area contributed by atoms with Crippen LogP contribution in [0.5, 0.6) is 11.5 Å². The fourth-order valence-electron chi connectivity index (χ4n) is 7.47. The molecule has 0 bridgehead atoms. The van der Waals surface area contributed by atoms with Crippen LogP contribution in [-0.4, -0.2) is 32.8 Å². The van der Waals surface area contributed by atoms with Crippen LogP contribution in [0, 0.1) is 0 Å². The molecule has 0 saturated carbocycles. The van der Waals surface area contributed by atoms with E-state index in [2.05, 4.69) is 288 Å². The van der Waals surface area contributed by atoms with Gasteiger partial charge in [-0.2, -0.15) is 8.42 Å². The van der Waals surface area contributed by atoms with Crippen LogP contribution in [0.25, 0.3) is 0 Å². The Balaban J connectivity index is -0.000000244. The molecule has 0 saturated heterocycles. The van der Waals surface area contributed by atoms with Crippen molar-refractivity contribution in [1.82, 2.24) is 0 Å². The van der Waals surface area contributed by atoms with E-state index in [1.54, 1.807) is 12.5 Å². The summed E-state index contributed by atoms with van der Waals surface area (Å²) in [7, 11) is -2.71. The van der Waals surface area contributed by atoms with Crippen molar-refractivity contribution < 1.29 is 36.0 Å². The Morgan fingerprint density at radius 2 is 0.634 bits per heavy atom. The molecule has 1 aliphatic heterocycles. The standard InChI is InChI=1S/C10H12O2.5C9H12.2C7H10O.C7H10S.C3H8.C2H6O4S.5C2H6/c1-7(2)8-3-4-9-10(5-8)12-6-11-9;5*1-8(2)9-6-4-3-5-7-9;3*1-6(2)7-4-3-5-8-7;1-3-2;1-6-2-7(3,4)5;5*1-2/h3-5,7H,6H2,1-2H3;5*3-8H,1-2H3;3*3-6H,1-2H3;3H2,1-2H3;2H2,1H3,(H,3,4,5);5*1-2H3. The van der Waals surface area contributed by atoms with Gasteiger partial charge in [0.15, 0.2) is 17.4 Å². The summed E-state index contributed by atoms with van der Waals surface area (Å²) in [6.45, 7) is 63.8. The number of thiophene rings is 1. The summed E-state index contributed by atoms with van der Waals surface area (Å²) in [5.41, 5.74) is 8.36. The van der Waals surface area contributed by atoms with Crippen molar-refractivity contribution in [3.63, 3.8) is 0 Å². The van der Waals surface area contributed by atoms with Crippen LogP contribution in [0.3, 0.4) is 0 Å². The summed E-state index contributed by atoms with van der Waals surface area (Å²) >= 11 is 1.83. The van der Waals surface area contributed by atoms with E-state index >= 15 is 0 Å². The van der Waals surface area contributed by atoms with Crippen molar-refractivity contribution in [3.05, 3.63) is 274 Å². The molecule has 0 fully saturated rings. The summed E-state index contributed by atoms with van der Waals surface area (Å²) < 4.78 is 51.9. The monoisotopic (exact) mass is 1430 g/mol. The van der Waals surface area contributed by atoms with Gasteiger partial charge in [-0.1, -0.05) is 378 Å². The number of rotatable bonds is 11. The number of furan rings is 2. The second-order valence-electron chi connectivity index (χ2n) is 24.3. The first-order chi connectivity index (χ1) is 48.2. The molecule has 0 atom stereocenters. The highest BCUT2D eigenvalue weighted by Gasteiger charge is 2.14. The van der Waals surface area contributed by atoms with E-state index in [0.717, 1.165) is 23.0 Å². The number of hydrogen-bond donors (Lipinski definition) is 1. The quantitative estimate of drug-likeness (QED) is 0.128. The van der Waals surface area contributed by atoms with Crippen molar-refractivity contribution in [1.29, 1.82) is 0 Å². The van der Waals surface area contributed by atoms with Crippen molar-refractivity contribution in [2.45, 2.75) is 267 Å². The molecular weight excluding hydrogens is 1290 g/mol. The molecule has 0 radical (unpaired) electrons. The van der Waals surface area contributed by atoms with Gasteiger partial charge in [-0.25, -0.2) is 0 Å². The Hall–Kier alpha value is -6.95. The van der Waals surface area contributed by atoms with Gasteiger partial charge in [0, 0.05) is 23.8 Å². The first-order valence-corrected chi connectivity index (χ1v) is 39.9. The fourth-order valence-corrected chi connectivity index (χ4v) is 8.51. The van der Waals surface area contributed by atoms with E-state index in [9.17, 15) is 8.42 Å². The topological polar surface area (TPSA) is 108 Å². The molecule has 6 aromatic carbocycles. The molecule has 9 aromatic rings. The van der Waals surface area contributed by atoms with Gasteiger partial charge in [-0.15, -0.1) is 11.3 Å². The molecule has 1 N–H and O–H groups in total. The zero-order valence-electron chi connectivity index (χ0n) is 69.3. The summed E-state index contributed by atoms with van der Waals surface area (Å²) in [6.07, 6.45) is 4.66. The van der Waals surface area contributed by atoms with Crippen LogP contribution in [0.15, 0.2) is 233 Å². The summed E-state index contributed by atoms with van der Waals surface area (Å²) in [6, 6.07) is 70.8. The Kier molecular flexibility index (Phi) is 74.3. The number of hydrogen-bond acceptors (Lipinski definition) is 8. The molecule has 101 heavy (non-hydrogen) atoms. The molecule has 1 aliphatic rings. The van der Waals surface area contributed by atoms with Crippen LogP contribution < -0.4 is 9.47 Å². The minimum absolute atomic E-state index is 0.358. The van der Waals surface area contributed by atoms with Crippen molar-refractivity contribution >= 4 is 21.5 Å². The lowest BCUT2D eigenvalue weighted by Crippen LogP contribution is -2.04. The Morgan fingerprint density at radius 3 is 0.792 bits per heavy atom. The second kappa shape index (κ2) is 71.4. The van der Waals surface area contributed by atoms with Gasteiger partial charge in [-0.3, -0.25) is 4.55 Å². The SMILES string of the molecule is CC.CC.CC.CC.CC.CC(C)c1ccc2c(c1)OCO2.CC(C)c1ccccc1.CC(C)c1ccccc1.CC(C)c1ccccc1.CC(C)c1ccccc1.CC(C)c1ccccc1.CC(C)c1ccco1.CC(C)c1ccco1.CC(C)c1cccs1.CCC.COCS(=O)(=O)O. The lowest BCUT2D eigenvalue weighted by Gasteiger charge is -2.05. The predicted octanol–water partition coefficient (Wildman–Crippen LogP) is 30.3. The Morgan fingerprint density at radius 1 is 0.356 bits per heavy atom. The zero-order chi connectivity index (χ0) is 78.6. The number of methoxy groups -OCH3 is 1. The van der Waals surface area contributed by atoms with E-state index < -0.39 is 16.1 Å². The lowest BCUT2D eigenvalue weighted by molar-refractivity contribution is 0.174. The fraction of sp³-hybridized carbons (Fsp3) is 0.473. The van der Waals surface area contributed by atoms with Gasteiger partial charge < -0.3 is 23.0 Å². The molecular formula is C91H146O8S2. The van der Waals surface area contributed by atoms with E-state index in [4.69, 9.17) is 22.9 Å². The van der Waals surface area contributed by atoms with Gasteiger partial charge in [0.25, 0.3) is 10.1 Å². The first kappa shape index (κ1) is 105. The number of benzene rings is 6. The molecule has 4 heterocycles. The lowest BCUT2D eigenvalue weighted by atomic mass is 10.0. The van der Waals surface area contributed by atoms with Gasteiger partial charge in [-0.05, 0) is 123 Å². The number of ether oxygens (including phenoxy) is 3. The molecule has 0 aliphatic carbocycles. The van der Waals surface area contributed by atoms with Gasteiger partial charge in [0.05, 0.1) is 12.5 Å². The minimum Gasteiger partial charge on any atom is -0.469 e. The van der Waals surface area contributed by atoms with Crippen LogP contribution in [0.2, 0.25) is 0 Å². The van der Waals surface area contributed by atoms with E-state index in [-0.39, 0.29) is 0 Å². The predicted molar refractivity (Wildman–Crippen MR) is 449 cm³/mol. The van der Waals surface area contributed by atoms with Gasteiger partial charge >= 0.3 is 0 Å². The van der Waals surface area contributed by atoms with Gasteiger partial charge in [0.2, 0.25) is 6.79 Å². The Labute approximate surface area is 626 Å². The minimum atomic E-state index is -3.90. The van der Waals surface area contributed by atoms with Crippen molar-refractivity contribution in [2.24, 2.45) is 0 Å². The third-order valence-corrected chi connectivity index (χ3v) is 14.7. The zero-order valence-corrected chi connectivity index (χ0v) is 70.9. The summed E-state index contributed by atoms with van der Waals surface area (Å²) in [5.74, 6) is 8.80. The average molecular weight is 1430 g/mol. The maximum atomic E-state index is 9.66. The third-order valence-electron chi connectivity index (χ3n) is 13.0. The third kappa shape index (κ3) is 60.4. The largest absolute Gasteiger partial charge is 0.469 e. The molecule has 8 nitrogen and oxygen atoms in total. The first-order valence-electron chi connectivity index (χ1n) is 37.4. The van der Waals surface area contributed by atoms with Crippen LogP contribution in [0.1, 0.15) is 317 Å². The van der Waals surface area contributed by atoms with E-state index in [1.165, 1.54) is 51.8 Å². The molecule has 0 unspecified atom stereocenters. The smallest absolute Gasteiger partial charge is 0.289 e. The van der Waals surface area contributed by atoms with E-state index in [1.807, 2.05) is 147 Å². The highest BCUT2D eigenvalue weighted by Crippen LogP contribution is 2.34. The summed E-state index contributed by atoms with van der Waals surface area (Å²) in [4.78, 5) is 1.48. The van der Waals surface area contributed by atoms with E-state index in [0.29, 0.717) is 60.1 Å². The van der Waals surface area contributed by atoms with Crippen molar-refractivity contribution in [3.8, 4) is 11.5 Å². The summed E-state index contributed by atoms with van der Waals surface area (Å²) in [5, 5.41) is 2.12. The molecule has 570 valence electrons. The molecule has 0 spiro atoms. The molecule has 10 heteroatoms. The second-order valence-corrected chi connectivity index (χ2v) is 26.7. The highest BCUT2D eigenvalue weighted by atomic mass is 32.2. The van der Waals surface area contributed by atoms with Crippen LogP contribution >= 0.6 is 11.3 Å². The number of fused-ring (bicyclic) bond motifs is 1. The Bertz CT molecular complexity index is 2760. The normalized spacial score (nSPS) is 9.91. The highest BCUT2D eigenvalue weighted by molar-refractivity contribution is 7.85. The van der Waals surface area contributed by atoms with Gasteiger partial charge in [0.1, 0.15) is 11.5 Å². The van der Waals surface area contributed by atoms with Crippen molar-refractivity contribution in [2.75, 3.05) is 19.8 Å².